The lowest BCUT2D eigenvalue weighted by Crippen LogP contribution is -2.53. The molecule has 1 saturated carbocycles. The van der Waals surface area contributed by atoms with Gasteiger partial charge in [-0.15, -0.1) is 0 Å². The standard InChI is InChI=1S/C28H39N3O4S/c1-20-15-21(2)17-26(16-20)31(36(5,34)35)19-27(32)30(18-24-12-10-9-11-22(24)3)23(4)28(33)29-25-13-7-6-8-14-25/h9-12,15-17,23,25H,6-8,13-14,18-19H2,1-5H3,(H,29,33)/t23-/m0/s1. The number of nitrogens with one attached hydrogen (secondary N) is 1. The third-order valence-electron chi connectivity index (χ3n) is 6.89. The molecular formula is C28H39N3O4S. The number of hydrogen-bond acceptors (Lipinski definition) is 4. The van der Waals surface area contributed by atoms with Crippen molar-refractivity contribution in [2.45, 2.75) is 78.4 Å². The van der Waals surface area contributed by atoms with Crippen molar-refractivity contribution >= 4 is 27.5 Å². The van der Waals surface area contributed by atoms with Gasteiger partial charge in [0.25, 0.3) is 0 Å². The lowest BCUT2D eigenvalue weighted by Gasteiger charge is -2.33. The molecule has 0 radical (unpaired) electrons. The van der Waals surface area contributed by atoms with Gasteiger partial charge in [-0.1, -0.05) is 49.6 Å². The summed E-state index contributed by atoms with van der Waals surface area (Å²) in [7, 11) is -3.74. The molecule has 0 heterocycles. The highest BCUT2D eigenvalue weighted by molar-refractivity contribution is 7.92. The van der Waals surface area contributed by atoms with Crippen LogP contribution in [0.25, 0.3) is 0 Å². The fraction of sp³-hybridized carbons (Fsp3) is 0.500. The highest BCUT2D eigenvalue weighted by Gasteiger charge is 2.31. The second-order valence-corrected chi connectivity index (χ2v) is 12.0. The molecule has 0 spiro atoms. The van der Waals surface area contributed by atoms with Crippen molar-refractivity contribution in [3.8, 4) is 0 Å². The Morgan fingerprint density at radius 3 is 2.19 bits per heavy atom. The van der Waals surface area contributed by atoms with Crippen molar-refractivity contribution < 1.29 is 18.0 Å². The Labute approximate surface area is 215 Å². The number of benzene rings is 2. The maximum absolute atomic E-state index is 13.7. The van der Waals surface area contributed by atoms with Gasteiger partial charge >= 0.3 is 0 Å². The van der Waals surface area contributed by atoms with E-state index >= 15 is 0 Å². The molecule has 1 N–H and O–H groups in total. The van der Waals surface area contributed by atoms with Crippen molar-refractivity contribution in [1.82, 2.24) is 10.2 Å². The normalized spacial score (nSPS) is 15.2. The molecular weight excluding hydrogens is 474 g/mol. The fourth-order valence-electron chi connectivity index (χ4n) is 4.83. The summed E-state index contributed by atoms with van der Waals surface area (Å²) in [4.78, 5) is 28.5. The number of carbonyl (C=O) groups excluding carboxylic acids is 2. The second-order valence-electron chi connectivity index (χ2n) is 10.1. The van der Waals surface area contributed by atoms with Crippen LogP contribution in [0.15, 0.2) is 42.5 Å². The van der Waals surface area contributed by atoms with E-state index < -0.39 is 22.0 Å². The molecule has 1 fully saturated rings. The topological polar surface area (TPSA) is 86.8 Å². The highest BCUT2D eigenvalue weighted by atomic mass is 32.2. The van der Waals surface area contributed by atoms with Gasteiger partial charge in [0.15, 0.2) is 0 Å². The smallest absolute Gasteiger partial charge is 0.244 e. The molecule has 1 aliphatic rings. The van der Waals surface area contributed by atoms with E-state index in [-0.39, 0.29) is 25.0 Å². The van der Waals surface area contributed by atoms with Crippen LogP contribution in [-0.4, -0.2) is 50.0 Å². The minimum Gasteiger partial charge on any atom is -0.352 e. The number of carbonyl (C=O) groups is 2. The zero-order valence-corrected chi connectivity index (χ0v) is 22.9. The Morgan fingerprint density at radius 1 is 1.00 bits per heavy atom. The Balaban J connectivity index is 1.90. The third-order valence-corrected chi connectivity index (χ3v) is 8.04. The van der Waals surface area contributed by atoms with Crippen LogP contribution < -0.4 is 9.62 Å². The van der Waals surface area contributed by atoms with Gasteiger partial charge in [-0.05, 0) is 74.9 Å². The molecule has 7 nitrogen and oxygen atoms in total. The van der Waals surface area contributed by atoms with Gasteiger partial charge in [-0.2, -0.15) is 0 Å². The molecule has 36 heavy (non-hydrogen) atoms. The second kappa shape index (κ2) is 11.9. The Bertz CT molecular complexity index is 1170. The summed E-state index contributed by atoms with van der Waals surface area (Å²) in [6.07, 6.45) is 6.34. The summed E-state index contributed by atoms with van der Waals surface area (Å²) in [5, 5.41) is 3.12. The molecule has 2 aromatic rings. The molecule has 0 unspecified atom stereocenters. The van der Waals surface area contributed by atoms with E-state index in [0.29, 0.717) is 5.69 Å². The van der Waals surface area contributed by atoms with Crippen LogP contribution in [0.1, 0.15) is 61.3 Å². The molecule has 1 atom stereocenters. The largest absolute Gasteiger partial charge is 0.352 e. The van der Waals surface area contributed by atoms with Gasteiger partial charge in [0.1, 0.15) is 12.6 Å². The first-order valence-corrected chi connectivity index (χ1v) is 14.5. The fourth-order valence-corrected chi connectivity index (χ4v) is 5.66. The lowest BCUT2D eigenvalue weighted by molar-refractivity contribution is -0.139. The molecule has 2 amide bonds. The van der Waals surface area contributed by atoms with Crippen LogP contribution in [-0.2, 0) is 26.2 Å². The summed E-state index contributed by atoms with van der Waals surface area (Å²) >= 11 is 0. The maximum Gasteiger partial charge on any atom is 0.244 e. The van der Waals surface area contributed by atoms with Crippen molar-refractivity contribution in [2.24, 2.45) is 0 Å². The lowest BCUT2D eigenvalue weighted by atomic mass is 9.95. The summed E-state index contributed by atoms with van der Waals surface area (Å²) < 4.78 is 26.7. The minimum atomic E-state index is -3.74. The molecule has 2 aromatic carbocycles. The Kier molecular flexibility index (Phi) is 9.17. The van der Waals surface area contributed by atoms with Gasteiger partial charge < -0.3 is 10.2 Å². The minimum absolute atomic E-state index is 0.118. The number of anilines is 1. The van der Waals surface area contributed by atoms with Gasteiger partial charge in [0.05, 0.1) is 11.9 Å². The summed E-state index contributed by atoms with van der Waals surface area (Å²) in [5.41, 5.74) is 4.18. The van der Waals surface area contributed by atoms with Crippen molar-refractivity contribution in [2.75, 3.05) is 17.1 Å². The van der Waals surface area contributed by atoms with Crippen LogP contribution in [0.5, 0.6) is 0 Å². The first kappa shape index (κ1) is 27.7. The van der Waals surface area contributed by atoms with Crippen LogP contribution in [0.3, 0.4) is 0 Å². The maximum atomic E-state index is 13.7. The first-order chi connectivity index (χ1) is 17.0. The molecule has 196 valence electrons. The molecule has 3 rings (SSSR count). The zero-order valence-electron chi connectivity index (χ0n) is 22.1. The quantitative estimate of drug-likeness (QED) is 0.543. The van der Waals surface area contributed by atoms with E-state index in [1.807, 2.05) is 51.1 Å². The van der Waals surface area contributed by atoms with Gasteiger partial charge in [0, 0.05) is 12.6 Å². The Morgan fingerprint density at radius 2 is 1.61 bits per heavy atom. The van der Waals surface area contributed by atoms with Crippen molar-refractivity contribution in [3.05, 3.63) is 64.7 Å². The van der Waals surface area contributed by atoms with Crippen LogP contribution in [0.4, 0.5) is 5.69 Å². The number of sulfonamides is 1. The Hall–Kier alpha value is -2.87. The number of nitrogens with zero attached hydrogens (tertiary/aromatic N) is 2. The number of hydrogen-bond donors (Lipinski definition) is 1. The average molecular weight is 514 g/mol. The zero-order chi connectivity index (χ0) is 26.5. The molecule has 0 bridgehead atoms. The average Bonchev–Trinajstić information content (AvgIpc) is 2.80. The third kappa shape index (κ3) is 7.32. The molecule has 8 heteroatoms. The predicted octanol–water partition coefficient (Wildman–Crippen LogP) is 4.24. The van der Waals surface area contributed by atoms with Crippen LogP contribution in [0, 0.1) is 20.8 Å². The van der Waals surface area contributed by atoms with E-state index in [2.05, 4.69) is 5.32 Å². The van der Waals surface area contributed by atoms with Crippen LogP contribution in [0.2, 0.25) is 0 Å². The van der Waals surface area contributed by atoms with E-state index in [1.54, 1.807) is 19.1 Å². The summed E-state index contributed by atoms with van der Waals surface area (Å²) in [6, 6.07) is 12.5. The van der Waals surface area contributed by atoms with E-state index in [4.69, 9.17) is 0 Å². The monoisotopic (exact) mass is 513 g/mol. The van der Waals surface area contributed by atoms with Gasteiger partial charge in [0.2, 0.25) is 21.8 Å². The van der Waals surface area contributed by atoms with E-state index in [9.17, 15) is 18.0 Å². The van der Waals surface area contributed by atoms with E-state index in [1.165, 1.54) is 11.3 Å². The summed E-state index contributed by atoms with van der Waals surface area (Å²) in [5.74, 6) is -0.629. The molecule has 0 saturated heterocycles. The van der Waals surface area contributed by atoms with Gasteiger partial charge in [-0.25, -0.2) is 8.42 Å². The molecule has 1 aliphatic carbocycles. The number of amides is 2. The van der Waals surface area contributed by atoms with E-state index in [0.717, 1.165) is 58.5 Å². The molecule has 0 aromatic heterocycles. The van der Waals surface area contributed by atoms with Crippen LogP contribution >= 0.6 is 0 Å². The predicted molar refractivity (Wildman–Crippen MR) is 144 cm³/mol. The SMILES string of the molecule is Cc1cc(C)cc(N(CC(=O)N(Cc2ccccc2C)[C@@H](C)C(=O)NC2CCCCC2)S(C)(=O)=O)c1. The van der Waals surface area contributed by atoms with Gasteiger partial charge in [-0.3, -0.25) is 13.9 Å². The highest BCUT2D eigenvalue weighted by Crippen LogP contribution is 2.23. The summed E-state index contributed by atoms with van der Waals surface area (Å²) in [6.45, 7) is 7.30. The van der Waals surface area contributed by atoms with Crippen molar-refractivity contribution in [1.29, 1.82) is 0 Å². The van der Waals surface area contributed by atoms with Crippen molar-refractivity contribution in [3.63, 3.8) is 0 Å². The number of aryl methyl sites for hydroxylation is 3. The first-order valence-electron chi connectivity index (χ1n) is 12.7. The molecule has 0 aliphatic heterocycles. The number of rotatable bonds is 9.